The van der Waals surface area contributed by atoms with Gasteiger partial charge >= 0.3 is 0 Å². The maximum atomic E-state index is 5.74. The second-order valence-corrected chi connectivity index (χ2v) is 4.08. The van der Waals surface area contributed by atoms with E-state index in [1.807, 2.05) is 27.5 Å². The third-order valence-corrected chi connectivity index (χ3v) is 2.51. The molecule has 1 aromatic rings. The molecule has 2 rings (SSSR count). The number of morpholine rings is 1. The number of ether oxygens (including phenoxy) is 1. The van der Waals surface area contributed by atoms with E-state index in [1.54, 1.807) is 0 Å². The molecule has 0 N–H and O–H groups in total. The van der Waals surface area contributed by atoms with E-state index in [4.69, 9.17) is 16.3 Å². The van der Waals surface area contributed by atoms with Crippen molar-refractivity contribution in [1.82, 2.24) is 15.0 Å². The standard InChI is InChI=1S/C7H8ClIN4O/c8-5-10-6(9)12-7(11-5)13-1-3-14-4-2-13/h1-4H2. The Morgan fingerprint density at radius 3 is 2.57 bits per heavy atom. The highest BCUT2D eigenvalue weighted by Gasteiger charge is 2.15. The Hall–Kier alpha value is -0.210. The number of halogens is 2. The van der Waals surface area contributed by atoms with Crippen LogP contribution in [0.25, 0.3) is 0 Å². The van der Waals surface area contributed by atoms with E-state index >= 15 is 0 Å². The molecule has 0 aliphatic carbocycles. The van der Waals surface area contributed by atoms with E-state index in [0.29, 0.717) is 23.0 Å². The molecule has 14 heavy (non-hydrogen) atoms. The average Bonchev–Trinajstić information content (AvgIpc) is 2.18. The summed E-state index contributed by atoms with van der Waals surface area (Å²) >= 11 is 7.77. The van der Waals surface area contributed by atoms with Crippen molar-refractivity contribution in [2.45, 2.75) is 0 Å². The number of anilines is 1. The Bertz CT molecular complexity index is 311. The summed E-state index contributed by atoms with van der Waals surface area (Å²) in [6.45, 7) is 3.02. The van der Waals surface area contributed by atoms with Crippen LogP contribution in [-0.2, 0) is 4.74 Å². The smallest absolute Gasteiger partial charge is 0.230 e. The molecular formula is C7H8ClIN4O. The molecule has 1 aromatic heterocycles. The predicted octanol–water partition coefficient (Wildman–Crippen LogP) is 0.966. The second kappa shape index (κ2) is 4.54. The molecule has 1 fully saturated rings. The first-order valence-electron chi connectivity index (χ1n) is 4.15. The van der Waals surface area contributed by atoms with Gasteiger partial charge in [-0.2, -0.15) is 15.0 Å². The largest absolute Gasteiger partial charge is 0.378 e. The minimum atomic E-state index is 0.242. The molecule has 7 heteroatoms. The van der Waals surface area contributed by atoms with Crippen LogP contribution in [0.5, 0.6) is 0 Å². The van der Waals surface area contributed by atoms with Crippen molar-refractivity contribution in [3.8, 4) is 0 Å². The molecule has 0 aromatic carbocycles. The third-order valence-electron chi connectivity index (χ3n) is 1.86. The van der Waals surface area contributed by atoms with Gasteiger partial charge in [0.05, 0.1) is 13.2 Å². The van der Waals surface area contributed by atoms with E-state index in [9.17, 15) is 0 Å². The van der Waals surface area contributed by atoms with Crippen molar-refractivity contribution >= 4 is 40.1 Å². The molecule has 2 heterocycles. The lowest BCUT2D eigenvalue weighted by Crippen LogP contribution is -2.37. The third kappa shape index (κ3) is 2.43. The topological polar surface area (TPSA) is 51.1 Å². The van der Waals surface area contributed by atoms with Crippen LogP contribution >= 0.6 is 34.2 Å². The van der Waals surface area contributed by atoms with Crippen LogP contribution in [0.3, 0.4) is 0 Å². The zero-order valence-corrected chi connectivity index (χ0v) is 10.2. The second-order valence-electron chi connectivity index (χ2n) is 2.77. The number of aromatic nitrogens is 3. The molecule has 0 radical (unpaired) electrons. The van der Waals surface area contributed by atoms with E-state index in [0.717, 1.165) is 13.1 Å². The van der Waals surface area contributed by atoms with Crippen LogP contribution in [0, 0.1) is 3.83 Å². The van der Waals surface area contributed by atoms with Crippen LogP contribution < -0.4 is 4.90 Å². The Kier molecular flexibility index (Phi) is 3.34. The minimum Gasteiger partial charge on any atom is -0.378 e. The summed E-state index contributed by atoms with van der Waals surface area (Å²) in [5.74, 6) is 0.637. The van der Waals surface area contributed by atoms with Crippen LogP contribution in [0.4, 0.5) is 5.95 Å². The van der Waals surface area contributed by atoms with E-state index in [2.05, 4.69) is 15.0 Å². The highest BCUT2D eigenvalue weighted by Crippen LogP contribution is 2.13. The van der Waals surface area contributed by atoms with Gasteiger partial charge in [0.2, 0.25) is 11.2 Å². The van der Waals surface area contributed by atoms with Gasteiger partial charge in [0, 0.05) is 35.7 Å². The molecule has 1 aliphatic rings. The summed E-state index contributed by atoms with van der Waals surface area (Å²) in [6, 6.07) is 0. The molecule has 76 valence electrons. The van der Waals surface area contributed by atoms with Crippen molar-refractivity contribution in [2.75, 3.05) is 31.2 Å². The molecule has 1 aliphatic heterocycles. The molecule has 5 nitrogen and oxygen atoms in total. The Morgan fingerprint density at radius 2 is 1.93 bits per heavy atom. The number of hydrogen-bond acceptors (Lipinski definition) is 5. The molecule has 0 spiro atoms. The first kappa shape index (κ1) is 10.3. The quantitative estimate of drug-likeness (QED) is 0.720. The summed E-state index contributed by atoms with van der Waals surface area (Å²) < 4.78 is 5.85. The van der Waals surface area contributed by atoms with Gasteiger partial charge in [0.15, 0.2) is 3.83 Å². The van der Waals surface area contributed by atoms with Crippen molar-refractivity contribution < 1.29 is 4.74 Å². The minimum absolute atomic E-state index is 0.242. The molecule has 1 saturated heterocycles. The summed E-state index contributed by atoms with van der Waals surface area (Å²) in [4.78, 5) is 14.2. The lowest BCUT2D eigenvalue weighted by Gasteiger charge is -2.26. The lowest BCUT2D eigenvalue weighted by atomic mass is 10.4. The maximum Gasteiger partial charge on any atom is 0.230 e. The first-order chi connectivity index (χ1) is 6.75. The molecule has 0 saturated carbocycles. The lowest BCUT2D eigenvalue weighted by molar-refractivity contribution is 0.122. The molecule has 0 bridgehead atoms. The molecule has 0 amide bonds. The zero-order valence-electron chi connectivity index (χ0n) is 7.28. The highest BCUT2D eigenvalue weighted by molar-refractivity contribution is 14.1. The monoisotopic (exact) mass is 326 g/mol. The van der Waals surface area contributed by atoms with Crippen LogP contribution in [-0.4, -0.2) is 41.3 Å². The van der Waals surface area contributed by atoms with Crippen LogP contribution in [0.1, 0.15) is 0 Å². The Balaban J connectivity index is 2.21. The van der Waals surface area contributed by atoms with Gasteiger partial charge in [-0.1, -0.05) is 0 Å². The van der Waals surface area contributed by atoms with E-state index < -0.39 is 0 Å². The number of hydrogen-bond donors (Lipinski definition) is 0. The SMILES string of the molecule is Clc1nc(I)nc(N2CCOCC2)n1. The average molecular weight is 327 g/mol. The fourth-order valence-corrected chi connectivity index (χ4v) is 1.96. The van der Waals surface area contributed by atoms with Crippen LogP contribution in [0.2, 0.25) is 5.28 Å². The van der Waals surface area contributed by atoms with E-state index in [-0.39, 0.29) is 5.28 Å². The Morgan fingerprint density at radius 1 is 1.21 bits per heavy atom. The van der Waals surface area contributed by atoms with Crippen molar-refractivity contribution in [3.05, 3.63) is 9.11 Å². The van der Waals surface area contributed by atoms with Gasteiger partial charge in [-0.3, -0.25) is 0 Å². The fraction of sp³-hybridized carbons (Fsp3) is 0.571. The van der Waals surface area contributed by atoms with Gasteiger partial charge in [-0.25, -0.2) is 0 Å². The summed E-state index contributed by atoms with van der Waals surface area (Å²) in [5.41, 5.74) is 0. The predicted molar refractivity (Wildman–Crippen MR) is 60.6 cm³/mol. The normalized spacial score (nSPS) is 17.1. The van der Waals surface area contributed by atoms with Gasteiger partial charge in [-0.05, 0) is 11.6 Å². The first-order valence-corrected chi connectivity index (χ1v) is 5.61. The summed E-state index contributed by atoms with van der Waals surface area (Å²) in [6.07, 6.45) is 0. The fourth-order valence-electron chi connectivity index (χ4n) is 1.22. The van der Waals surface area contributed by atoms with E-state index in [1.165, 1.54) is 0 Å². The highest BCUT2D eigenvalue weighted by atomic mass is 127. The number of nitrogens with zero attached hydrogens (tertiary/aromatic N) is 4. The molecule has 0 atom stereocenters. The van der Waals surface area contributed by atoms with Gasteiger partial charge in [-0.15, -0.1) is 0 Å². The zero-order chi connectivity index (χ0) is 9.97. The van der Waals surface area contributed by atoms with Gasteiger partial charge < -0.3 is 9.64 Å². The Labute approximate surface area is 100.0 Å². The van der Waals surface area contributed by atoms with Gasteiger partial charge in [0.1, 0.15) is 0 Å². The van der Waals surface area contributed by atoms with Crippen molar-refractivity contribution in [1.29, 1.82) is 0 Å². The van der Waals surface area contributed by atoms with Crippen molar-refractivity contribution in [2.24, 2.45) is 0 Å². The summed E-state index contributed by atoms with van der Waals surface area (Å²) in [7, 11) is 0. The number of rotatable bonds is 1. The summed E-state index contributed by atoms with van der Waals surface area (Å²) in [5, 5.41) is 0.242. The molecular weight excluding hydrogens is 318 g/mol. The van der Waals surface area contributed by atoms with Crippen LogP contribution in [0.15, 0.2) is 0 Å². The molecule has 0 unspecified atom stereocenters. The maximum absolute atomic E-state index is 5.74. The van der Waals surface area contributed by atoms with Crippen molar-refractivity contribution in [3.63, 3.8) is 0 Å². The van der Waals surface area contributed by atoms with Gasteiger partial charge in [0.25, 0.3) is 0 Å².